The van der Waals surface area contributed by atoms with Crippen molar-refractivity contribution in [2.45, 2.75) is 6.92 Å². The highest BCUT2D eigenvalue weighted by Crippen LogP contribution is 2.10. The Kier molecular flexibility index (Phi) is 2.87. The van der Waals surface area contributed by atoms with Gasteiger partial charge >= 0.3 is 0 Å². The third-order valence-corrected chi connectivity index (χ3v) is 1.53. The molecule has 0 aliphatic heterocycles. The van der Waals surface area contributed by atoms with Gasteiger partial charge in [0.15, 0.2) is 0 Å². The maximum Gasteiger partial charge on any atom is 0.284 e. The number of anilines is 1. The van der Waals surface area contributed by atoms with Crippen LogP contribution in [0.5, 0.6) is 0 Å². The Morgan fingerprint density at radius 3 is 2.82 bits per heavy atom. The van der Waals surface area contributed by atoms with E-state index >= 15 is 0 Å². The van der Waals surface area contributed by atoms with Crippen molar-refractivity contribution >= 4 is 32.2 Å². The molecule has 0 aliphatic carbocycles. The molecule has 1 aromatic carbocycles. The Morgan fingerprint density at radius 2 is 2.27 bits per heavy atom. The van der Waals surface area contributed by atoms with Gasteiger partial charge in [-0.1, -0.05) is 12.1 Å². The van der Waals surface area contributed by atoms with Gasteiger partial charge in [-0.05, 0) is 24.6 Å². The van der Waals surface area contributed by atoms with E-state index < -0.39 is 0 Å². The number of hydrogen-bond acceptors (Lipinski definition) is 1. The molecule has 0 fully saturated rings. The number of hydrogen-bond donors (Lipinski definition) is 1. The first-order valence-corrected chi connectivity index (χ1v) is 4.29. The van der Waals surface area contributed by atoms with Crippen molar-refractivity contribution in [1.29, 1.82) is 0 Å². The maximum atomic E-state index is 10.6. The lowest BCUT2D eigenvalue weighted by molar-refractivity contribution is 0.272. The van der Waals surface area contributed by atoms with Crippen molar-refractivity contribution < 1.29 is 4.79 Å². The molecule has 58 valence electrons. The van der Waals surface area contributed by atoms with Crippen LogP contribution in [-0.2, 0) is 0 Å². The molecular formula is C8H8INO. The molecule has 11 heavy (non-hydrogen) atoms. The Labute approximate surface area is 79.1 Å². The minimum absolute atomic E-state index is 0.0619. The van der Waals surface area contributed by atoms with Gasteiger partial charge in [-0.3, -0.25) is 4.79 Å². The van der Waals surface area contributed by atoms with E-state index in [1.165, 1.54) is 0 Å². The zero-order chi connectivity index (χ0) is 8.27. The van der Waals surface area contributed by atoms with Gasteiger partial charge in [-0.2, -0.15) is 0 Å². The molecule has 0 aromatic heterocycles. The summed E-state index contributed by atoms with van der Waals surface area (Å²) in [7, 11) is 0. The van der Waals surface area contributed by atoms with Gasteiger partial charge in [0, 0.05) is 28.3 Å². The monoisotopic (exact) mass is 261 g/mol. The molecule has 0 heterocycles. The third-order valence-electron chi connectivity index (χ3n) is 1.26. The van der Waals surface area contributed by atoms with Crippen LogP contribution in [0, 0.1) is 6.92 Å². The lowest BCUT2D eigenvalue weighted by Gasteiger charge is -2.00. The summed E-state index contributed by atoms with van der Waals surface area (Å²) in [5, 5.41) is 2.69. The minimum atomic E-state index is -0.0619. The SMILES string of the molecule is Cc1cccc(NC(=O)I)c1. The highest BCUT2D eigenvalue weighted by atomic mass is 127. The number of benzene rings is 1. The second kappa shape index (κ2) is 3.71. The average Bonchev–Trinajstić information content (AvgIpc) is 1.85. The van der Waals surface area contributed by atoms with Gasteiger partial charge < -0.3 is 5.32 Å². The van der Waals surface area contributed by atoms with Gasteiger partial charge in [0.25, 0.3) is 3.91 Å². The molecule has 1 aromatic rings. The third kappa shape index (κ3) is 2.88. The van der Waals surface area contributed by atoms with Gasteiger partial charge in [0.2, 0.25) is 0 Å². The van der Waals surface area contributed by atoms with E-state index in [0.29, 0.717) is 0 Å². The first-order valence-electron chi connectivity index (χ1n) is 3.21. The molecule has 0 bridgehead atoms. The Balaban J connectivity index is 2.79. The van der Waals surface area contributed by atoms with E-state index in [4.69, 9.17) is 0 Å². The van der Waals surface area contributed by atoms with Crippen molar-refractivity contribution in [3.63, 3.8) is 0 Å². The van der Waals surface area contributed by atoms with Gasteiger partial charge in [-0.25, -0.2) is 0 Å². The summed E-state index contributed by atoms with van der Waals surface area (Å²) >= 11 is 1.71. The first-order chi connectivity index (χ1) is 5.18. The molecule has 0 spiro atoms. The molecule has 0 aliphatic rings. The highest BCUT2D eigenvalue weighted by Gasteiger charge is 1.94. The number of carbonyl (C=O) groups excluding carboxylic acids is 1. The van der Waals surface area contributed by atoms with Gasteiger partial charge in [0.05, 0.1) is 0 Å². The molecule has 0 radical (unpaired) electrons. The molecule has 0 saturated heterocycles. The predicted molar refractivity (Wildman–Crippen MR) is 54.2 cm³/mol. The van der Waals surface area contributed by atoms with Crippen molar-refractivity contribution in [3.8, 4) is 0 Å². The molecule has 0 saturated carbocycles. The number of aryl methyl sites for hydroxylation is 1. The number of rotatable bonds is 1. The van der Waals surface area contributed by atoms with Crippen molar-refractivity contribution in [3.05, 3.63) is 29.8 Å². The second-order valence-electron chi connectivity index (χ2n) is 2.27. The normalized spacial score (nSPS) is 9.27. The van der Waals surface area contributed by atoms with E-state index in [2.05, 4.69) is 5.32 Å². The minimum Gasteiger partial charge on any atom is -0.317 e. The van der Waals surface area contributed by atoms with E-state index in [0.717, 1.165) is 11.3 Å². The molecule has 0 unspecified atom stereocenters. The fourth-order valence-electron chi connectivity index (χ4n) is 0.836. The summed E-state index contributed by atoms with van der Waals surface area (Å²) < 4.78 is -0.0619. The van der Waals surface area contributed by atoms with Crippen molar-refractivity contribution in [2.24, 2.45) is 0 Å². The lowest BCUT2D eigenvalue weighted by Crippen LogP contribution is -1.99. The fraction of sp³-hybridized carbons (Fsp3) is 0.125. The van der Waals surface area contributed by atoms with Crippen molar-refractivity contribution in [2.75, 3.05) is 5.32 Å². The topological polar surface area (TPSA) is 29.1 Å². The van der Waals surface area contributed by atoms with Crippen LogP contribution in [0.1, 0.15) is 5.56 Å². The molecular weight excluding hydrogens is 253 g/mol. The molecule has 1 rings (SSSR count). The molecule has 0 atom stereocenters. The number of nitrogens with one attached hydrogen (secondary N) is 1. The summed E-state index contributed by atoms with van der Waals surface area (Å²) in [6.45, 7) is 1.99. The maximum absolute atomic E-state index is 10.6. The standard InChI is InChI=1S/C8H8INO/c1-6-3-2-4-7(5-6)10-8(9)11/h2-5H,1H3,(H,10,11). The summed E-state index contributed by atoms with van der Waals surface area (Å²) in [5.41, 5.74) is 2.00. The Hall–Kier alpha value is -0.580. The zero-order valence-corrected chi connectivity index (χ0v) is 8.25. The van der Waals surface area contributed by atoms with Crippen LogP contribution in [-0.4, -0.2) is 3.91 Å². The second-order valence-corrected chi connectivity index (χ2v) is 3.25. The lowest BCUT2D eigenvalue weighted by atomic mass is 10.2. The fourth-order valence-corrected chi connectivity index (χ4v) is 1.15. The smallest absolute Gasteiger partial charge is 0.284 e. The van der Waals surface area contributed by atoms with Crippen LogP contribution in [0.15, 0.2) is 24.3 Å². The summed E-state index contributed by atoms with van der Waals surface area (Å²) in [5.74, 6) is 0. The van der Waals surface area contributed by atoms with E-state index in [9.17, 15) is 4.79 Å². The zero-order valence-electron chi connectivity index (χ0n) is 6.10. The van der Waals surface area contributed by atoms with Crippen LogP contribution >= 0.6 is 22.6 Å². The van der Waals surface area contributed by atoms with Gasteiger partial charge in [0.1, 0.15) is 0 Å². The molecule has 2 nitrogen and oxygen atoms in total. The summed E-state index contributed by atoms with van der Waals surface area (Å²) in [6, 6.07) is 7.69. The molecule has 3 heteroatoms. The molecule has 1 N–H and O–H groups in total. The van der Waals surface area contributed by atoms with E-state index in [1.54, 1.807) is 22.6 Å². The first kappa shape index (κ1) is 8.52. The highest BCUT2D eigenvalue weighted by molar-refractivity contribution is 14.1. The van der Waals surface area contributed by atoms with Crippen LogP contribution < -0.4 is 5.32 Å². The Morgan fingerprint density at radius 1 is 1.55 bits per heavy atom. The van der Waals surface area contributed by atoms with E-state index in [-0.39, 0.29) is 3.91 Å². The largest absolute Gasteiger partial charge is 0.317 e. The quantitative estimate of drug-likeness (QED) is 0.470. The predicted octanol–water partition coefficient (Wildman–Crippen LogP) is 2.96. The van der Waals surface area contributed by atoms with E-state index in [1.807, 2.05) is 31.2 Å². The summed E-state index contributed by atoms with van der Waals surface area (Å²) in [4.78, 5) is 10.6. The van der Waals surface area contributed by atoms with Crippen LogP contribution in [0.3, 0.4) is 0 Å². The average molecular weight is 261 g/mol. The molecule has 1 amide bonds. The van der Waals surface area contributed by atoms with Crippen LogP contribution in [0.4, 0.5) is 10.5 Å². The van der Waals surface area contributed by atoms with Gasteiger partial charge in [-0.15, -0.1) is 0 Å². The van der Waals surface area contributed by atoms with Crippen LogP contribution in [0.25, 0.3) is 0 Å². The van der Waals surface area contributed by atoms with Crippen LogP contribution in [0.2, 0.25) is 0 Å². The number of carbonyl (C=O) groups is 1. The number of halogens is 1. The summed E-state index contributed by atoms with van der Waals surface area (Å²) in [6.07, 6.45) is 0. The Bertz CT molecular complexity index is 273. The van der Waals surface area contributed by atoms with Crippen molar-refractivity contribution in [1.82, 2.24) is 0 Å². The number of amides is 1.